The Balaban J connectivity index is 0.973. The SMILES string of the molecule is COC[C@H]1C[C@@H](c2nc3c(ccc4cc5c(cc43)OCc3cc(-c4cnc([C@@H]6CC[C@@H]7CC(C)[C@H](NC(=O)OC)C(=O)N76)[nH]4)ccc3-5)[nH]2)N(C(=O)OC(C)(C)C)C1. The van der Waals surface area contributed by atoms with Crippen molar-refractivity contribution in [2.45, 2.75) is 89.8 Å². The molecule has 9 rings (SSSR count). The van der Waals surface area contributed by atoms with Crippen LogP contribution in [0.3, 0.4) is 0 Å². The standard InChI is InChI=1S/C43H49N7O7/c1-22-13-27-9-12-33(50(27)40(51)36(22)48-41(52)55-6)38-44-18-32(46-38)25-7-10-28-26(15-25)21-56-35-17-29-24(16-30(28)35)8-11-31-37(29)47-39(45-31)34-14-23(20-54-5)19-49(34)42(53)57-43(2,3)4/h7-8,10-11,15-18,22-23,27,33-34,36H,9,12-14,19-21H2,1-6H3,(H,44,46)(H,45,47)(H,48,52)/t22?,23-,27+,33-,34-,36-/m0/s1. The van der Waals surface area contributed by atoms with Crippen LogP contribution in [-0.2, 0) is 25.6 Å². The zero-order chi connectivity index (χ0) is 39.7. The highest BCUT2D eigenvalue weighted by Crippen LogP contribution is 2.45. The molecule has 0 spiro atoms. The second-order valence-corrected chi connectivity index (χ2v) is 17.0. The summed E-state index contributed by atoms with van der Waals surface area (Å²) in [6, 6.07) is 13.8. The fourth-order valence-corrected chi connectivity index (χ4v) is 9.42. The number of aromatic nitrogens is 4. The van der Waals surface area contributed by atoms with Gasteiger partial charge in [-0.15, -0.1) is 0 Å². The first kappa shape index (κ1) is 37.0. The normalized spacial score (nSPS) is 24.3. The Morgan fingerprint density at radius 3 is 2.63 bits per heavy atom. The Kier molecular flexibility index (Phi) is 9.14. The molecule has 6 atom stereocenters. The molecule has 1 unspecified atom stereocenters. The molecule has 2 aromatic heterocycles. The molecule has 5 aromatic rings. The van der Waals surface area contributed by atoms with E-state index in [9.17, 15) is 14.4 Å². The molecule has 3 fully saturated rings. The summed E-state index contributed by atoms with van der Waals surface area (Å²) < 4.78 is 22.5. The number of amides is 3. The minimum atomic E-state index is -0.629. The molecule has 3 aromatic carbocycles. The second-order valence-electron chi connectivity index (χ2n) is 17.0. The van der Waals surface area contributed by atoms with Crippen LogP contribution in [0.5, 0.6) is 5.75 Å². The molecule has 57 heavy (non-hydrogen) atoms. The second kappa shape index (κ2) is 14.1. The molecule has 3 N–H and O–H groups in total. The van der Waals surface area contributed by atoms with Crippen LogP contribution in [0, 0.1) is 11.8 Å². The Morgan fingerprint density at radius 2 is 1.84 bits per heavy atom. The number of carbonyl (C=O) groups excluding carboxylic acids is 3. The number of imidazole rings is 2. The van der Waals surface area contributed by atoms with Gasteiger partial charge in [0.1, 0.15) is 35.6 Å². The van der Waals surface area contributed by atoms with Gasteiger partial charge < -0.3 is 39.1 Å². The molecule has 0 aliphatic carbocycles. The summed E-state index contributed by atoms with van der Waals surface area (Å²) in [4.78, 5) is 59.6. The van der Waals surface area contributed by atoms with E-state index in [4.69, 9.17) is 28.9 Å². The van der Waals surface area contributed by atoms with Crippen molar-refractivity contribution in [3.8, 4) is 28.1 Å². The summed E-state index contributed by atoms with van der Waals surface area (Å²) in [6.45, 7) is 9.11. The quantitative estimate of drug-likeness (QED) is 0.159. The summed E-state index contributed by atoms with van der Waals surface area (Å²) in [5.74, 6) is 2.35. The lowest BCUT2D eigenvalue weighted by Crippen LogP contribution is -2.58. The number of carbonyl (C=O) groups is 3. The monoisotopic (exact) mass is 775 g/mol. The predicted octanol–water partition coefficient (Wildman–Crippen LogP) is 7.41. The van der Waals surface area contributed by atoms with E-state index in [1.807, 2.05) is 44.9 Å². The Hall–Kier alpha value is -5.63. The van der Waals surface area contributed by atoms with Crippen molar-refractivity contribution in [2.75, 3.05) is 27.4 Å². The van der Waals surface area contributed by atoms with E-state index >= 15 is 0 Å². The number of nitrogens with one attached hydrogen (secondary N) is 3. The third-order valence-corrected chi connectivity index (χ3v) is 12.0. The molecule has 4 aliphatic rings. The fraction of sp³-hybridized carbons (Fsp3) is 0.465. The first-order chi connectivity index (χ1) is 27.4. The average molecular weight is 776 g/mol. The number of alkyl carbamates (subject to hydrolysis) is 1. The van der Waals surface area contributed by atoms with Gasteiger partial charge in [-0.3, -0.25) is 9.69 Å². The topological polar surface area (TPSA) is 164 Å². The number of hydrogen-bond donors (Lipinski definition) is 3. The molecule has 0 bridgehead atoms. The third-order valence-electron chi connectivity index (χ3n) is 12.0. The van der Waals surface area contributed by atoms with Gasteiger partial charge >= 0.3 is 12.2 Å². The molecule has 0 saturated carbocycles. The largest absolute Gasteiger partial charge is 0.488 e. The highest BCUT2D eigenvalue weighted by atomic mass is 16.6. The molecule has 0 radical (unpaired) electrons. The van der Waals surface area contributed by atoms with Crippen molar-refractivity contribution in [3.63, 3.8) is 0 Å². The van der Waals surface area contributed by atoms with Gasteiger partial charge in [0.05, 0.1) is 48.7 Å². The molecular weight excluding hydrogens is 727 g/mol. The van der Waals surface area contributed by atoms with Crippen LogP contribution in [0.2, 0.25) is 0 Å². The number of benzene rings is 3. The van der Waals surface area contributed by atoms with E-state index in [1.54, 1.807) is 12.0 Å². The van der Waals surface area contributed by atoms with E-state index in [1.165, 1.54) is 7.11 Å². The third kappa shape index (κ3) is 6.63. The average Bonchev–Trinajstić information content (AvgIpc) is 4.00. The predicted molar refractivity (Wildman–Crippen MR) is 212 cm³/mol. The summed E-state index contributed by atoms with van der Waals surface area (Å²) in [7, 11) is 2.99. The van der Waals surface area contributed by atoms with Crippen molar-refractivity contribution in [2.24, 2.45) is 11.8 Å². The number of nitrogens with zero attached hydrogens (tertiary/aromatic N) is 4. The van der Waals surface area contributed by atoms with Crippen LogP contribution in [0.1, 0.15) is 82.7 Å². The number of ether oxygens (including phenoxy) is 4. The minimum Gasteiger partial charge on any atom is -0.488 e. The maximum Gasteiger partial charge on any atom is 0.410 e. The van der Waals surface area contributed by atoms with Gasteiger partial charge in [-0.25, -0.2) is 19.6 Å². The van der Waals surface area contributed by atoms with E-state index in [0.29, 0.717) is 19.8 Å². The first-order valence-corrected chi connectivity index (χ1v) is 19.8. The Morgan fingerprint density at radius 1 is 1.00 bits per heavy atom. The van der Waals surface area contributed by atoms with Gasteiger partial charge in [0, 0.05) is 36.6 Å². The number of piperidine rings is 1. The van der Waals surface area contributed by atoms with Crippen LogP contribution in [0.15, 0.2) is 48.7 Å². The first-order valence-electron chi connectivity index (χ1n) is 19.8. The maximum atomic E-state index is 13.7. The highest BCUT2D eigenvalue weighted by Gasteiger charge is 2.48. The van der Waals surface area contributed by atoms with Gasteiger partial charge in [-0.05, 0) is 98.7 Å². The van der Waals surface area contributed by atoms with E-state index in [2.05, 4.69) is 51.7 Å². The summed E-state index contributed by atoms with van der Waals surface area (Å²) in [5, 5.41) is 4.75. The van der Waals surface area contributed by atoms with Crippen molar-refractivity contribution in [3.05, 3.63) is 65.9 Å². The van der Waals surface area contributed by atoms with Gasteiger partial charge in [0.15, 0.2) is 0 Å². The molecular formula is C43H49N7O7. The molecule has 6 heterocycles. The van der Waals surface area contributed by atoms with Gasteiger partial charge in [-0.1, -0.05) is 25.1 Å². The lowest BCUT2D eigenvalue weighted by Gasteiger charge is -2.41. The number of hydrogen-bond acceptors (Lipinski definition) is 9. The zero-order valence-electron chi connectivity index (χ0n) is 33.2. The molecule has 298 valence electrons. The van der Waals surface area contributed by atoms with E-state index in [-0.39, 0.29) is 42.0 Å². The Labute approximate surface area is 330 Å². The van der Waals surface area contributed by atoms with Crippen molar-refractivity contribution < 1.29 is 33.3 Å². The van der Waals surface area contributed by atoms with Crippen LogP contribution < -0.4 is 10.1 Å². The Bertz CT molecular complexity index is 2400. The van der Waals surface area contributed by atoms with Crippen molar-refractivity contribution >= 4 is 39.9 Å². The summed E-state index contributed by atoms with van der Waals surface area (Å²) in [5.41, 5.74) is 6.11. The number of fused-ring (bicyclic) bond motifs is 7. The number of rotatable bonds is 6. The van der Waals surface area contributed by atoms with Crippen LogP contribution >= 0.6 is 0 Å². The van der Waals surface area contributed by atoms with Crippen LogP contribution in [0.25, 0.3) is 44.2 Å². The highest BCUT2D eigenvalue weighted by molar-refractivity contribution is 6.07. The summed E-state index contributed by atoms with van der Waals surface area (Å²) >= 11 is 0. The van der Waals surface area contributed by atoms with Gasteiger partial charge in [0.25, 0.3) is 0 Å². The van der Waals surface area contributed by atoms with Gasteiger partial charge in [0.2, 0.25) is 5.91 Å². The van der Waals surface area contributed by atoms with Gasteiger partial charge in [-0.2, -0.15) is 0 Å². The molecule has 3 saturated heterocycles. The van der Waals surface area contributed by atoms with Crippen molar-refractivity contribution in [1.29, 1.82) is 0 Å². The maximum absolute atomic E-state index is 13.7. The minimum absolute atomic E-state index is 0.0129. The zero-order valence-corrected chi connectivity index (χ0v) is 33.2. The molecule has 4 aliphatic heterocycles. The number of likely N-dealkylation sites (tertiary alicyclic amines) is 1. The summed E-state index contributed by atoms with van der Waals surface area (Å²) in [6.07, 6.45) is 4.10. The number of methoxy groups -OCH3 is 2. The lowest BCUT2D eigenvalue weighted by atomic mass is 9.88. The smallest absolute Gasteiger partial charge is 0.410 e. The van der Waals surface area contributed by atoms with Crippen molar-refractivity contribution in [1.82, 2.24) is 35.1 Å². The number of H-pyrrole nitrogens is 2. The molecule has 14 heteroatoms. The fourth-order valence-electron chi connectivity index (χ4n) is 9.42. The molecule has 3 amide bonds. The van der Waals surface area contributed by atoms with E-state index in [0.717, 1.165) is 92.8 Å². The van der Waals surface area contributed by atoms with E-state index < -0.39 is 17.7 Å². The lowest BCUT2D eigenvalue weighted by molar-refractivity contribution is -0.142. The van der Waals surface area contributed by atoms with Crippen LogP contribution in [-0.4, -0.2) is 92.9 Å². The number of aromatic amines is 2. The molecule has 14 nitrogen and oxygen atoms in total. The van der Waals surface area contributed by atoms with Crippen LogP contribution in [0.4, 0.5) is 9.59 Å².